The number of hydrogen-bond donors (Lipinski definition) is 0. The number of amides is 1. The molecule has 0 unspecified atom stereocenters. The second-order valence-corrected chi connectivity index (χ2v) is 6.75. The Morgan fingerprint density at radius 1 is 0.929 bits per heavy atom. The van der Waals surface area contributed by atoms with E-state index in [0.29, 0.717) is 55.5 Å². The summed E-state index contributed by atoms with van der Waals surface area (Å²) in [5, 5.41) is 0. The standard InChI is InChI=1S/C21H22N2O5/c24-18(16-6-7-19-20(12-16)28-15-27-19)13-22-8-10-23(11-9-22)21(25)14-26-17-4-2-1-3-5-17/h1-7,12H,8-11,13-15H2. The highest BCUT2D eigenvalue weighted by molar-refractivity contribution is 5.98. The number of rotatable bonds is 6. The van der Waals surface area contributed by atoms with Crippen LogP contribution in [0.1, 0.15) is 10.4 Å². The number of carbonyl (C=O) groups is 2. The maximum absolute atomic E-state index is 12.5. The fourth-order valence-electron chi connectivity index (χ4n) is 3.27. The van der Waals surface area contributed by atoms with Crippen LogP contribution in [-0.2, 0) is 4.79 Å². The van der Waals surface area contributed by atoms with Gasteiger partial charge in [-0.15, -0.1) is 0 Å². The largest absolute Gasteiger partial charge is 0.484 e. The summed E-state index contributed by atoms with van der Waals surface area (Å²) in [4.78, 5) is 28.7. The molecule has 0 bridgehead atoms. The molecule has 28 heavy (non-hydrogen) atoms. The average molecular weight is 382 g/mol. The molecule has 7 nitrogen and oxygen atoms in total. The molecule has 2 aliphatic heterocycles. The van der Waals surface area contributed by atoms with Crippen LogP contribution in [-0.4, -0.2) is 67.6 Å². The minimum absolute atomic E-state index is 0.0279. The minimum atomic E-state index is -0.0365. The first-order chi connectivity index (χ1) is 13.7. The maximum atomic E-state index is 12.5. The molecule has 0 aliphatic carbocycles. The van der Waals surface area contributed by atoms with Crippen molar-refractivity contribution in [2.45, 2.75) is 0 Å². The summed E-state index contributed by atoms with van der Waals surface area (Å²) in [5.41, 5.74) is 0.610. The van der Waals surface area contributed by atoms with E-state index in [9.17, 15) is 9.59 Å². The highest BCUT2D eigenvalue weighted by atomic mass is 16.7. The van der Waals surface area contributed by atoms with Crippen LogP contribution >= 0.6 is 0 Å². The molecule has 0 atom stereocenters. The number of benzene rings is 2. The molecule has 2 aromatic carbocycles. The Labute approximate surface area is 163 Å². The quantitative estimate of drug-likeness (QED) is 0.710. The number of nitrogens with zero attached hydrogens (tertiary/aromatic N) is 2. The lowest BCUT2D eigenvalue weighted by molar-refractivity contribution is -0.135. The molecule has 0 aromatic heterocycles. The number of ketones is 1. The van der Waals surface area contributed by atoms with E-state index in [1.54, 1.807) is 23.1 Å². The first-order valence-electron chi connectivity index (χ1n) is 9.30. The number of fused-ring (bicyclic) bond motifs is 1. The molecule has 0 spiro atoms. The number of para-hydroxylation sites is 1. The van der Waals surface area contributed by atoms with E-state index in [-0.39, 0.29) is 25.1 Å². The number of Topliss-reactive ketones (excluding diaryl/α,β-unsaturated/α-hetero) is 1. The molecule has 1 fully saturated rings. The predicted octanol–water partition coefficient (Wildman–Crippen LogP) is 1.82. The Kier molecular flexibility index (Phi) is 5.43. The fourth-order valence-corrected chi connectivity index (χ4v) is 3.27. The second kappa shape index (κ2) is 8.31. The van der Waals surface area contributed by atoms with Gasteiger partial charge in [-0.05, 0) is 30.3 Å². The van der Waals surface area contributed by atoms with Crippen molar-refractivity contribution in [3.63, 3.8) is 0 Å². The first kappa shape index (κ1) is 18.3. The molecule has 7 heteroatoms. The monoisotopic (exact) mass is 382 g/mol. The van der Waals surface area contributed by atoms with Gasteiger partial charge in [0.15, 0.2) is 23.9 Å². The van der Waals surface area contributed by atoms with E-state index in [0.717, 1.165) is 0 Å². The summed E-state index contributed by atoms with van der Waals surface area (Å²) in [6.45, 7) is 3.04. The van der Waals surface area contributed by atoms with Crippen molar-refractivity contribution >= 4 is 11.7 Å². The van der Waals surface area contributed by atoms with E-state index < -0.39 is 0 Å². The molecule has 2 heterocycles. The average Bonchev–Trinajstić information content (AvgIpc) is 3.21. The predicted molar refractivity (Wildman–Crippen MR) is 102 cm³/mol. The van der Waals surface area contributed by atoms with Crippen LogP contribution in [0.2, 0.25) is 0 Å². The third-order valence-corrected chi connectivity index (χ3v) is 4.89. The van der Waals surface area contributed by atoms with Crippen molar-refractivity contribution in [2.24, 2.45) is 0 Å². The molecule has 146 valence electrons. The molecule has 2 aromatic rings. The second-order valence-electron chi connectivity index (χ2n) is 6.75. The molecule has 2 aliphatic rings. The summed E-state index contributed by atoms with van der Waals surface area (Å²) in [5.74, 6) is 1.96. The zero-order valence-electron chi connectivity index (χ0n) is 15.5. The Hall–Kier alpha value is -3.06. The van der Waals surface area contributed by atoms with Gasteiger partial charge in [0.2, 0.25) is 6.79 Å². The Balaban J connectivity index is 1.23. The first-order valence-corrected chi connectivity index (χ1v) is 9.30. The van der Waals surface area contributed by atoms with E-state index in [2.05, 4.69) is 4.90 Å². The van der Waals surface area contributed by atoms with Crippen LogP contribution in [0.5, 0.6) is 17.2 Å². The van der Waals surface area contributed by atoms with Gasteiger partial charge in [0, 0.05) is 31.7 Å². The number of piperazine rings is 1. The maximum Gasteiger partial charge on any atom is 0.260 e. The Morgan fingerprint density at radius 2 is 1.68 bits per heavy atom. The van der Waals surface area contributed by atoms with Crippen molar-refractivity contribution in [3.05, 3.63) is 54.1 Å². The minimum Gasteiger partial charge on any atom is -0.484 e. The van der Waals surface area contributed by atoms with Gasteiger partial charge in [-0.25, -0.2) is 0 Å². The molecule has 0 N–H and O–H groups in total. The van der Waals surface area contributed by atoms with Gasteiger partial charge in [-0.3, -0.25) is 14.5 Å². The van der Waals surface area contributed by atoms with Crippen LogP contribution in [0.25, 0.3) is 0 Å². The normalized spacial score (nSPS) is 16.1. The van der Waals surface area contributed by atoms with E-state index in [1.807, 2.05) is 30.3 Å². The van der Waals surface area contributed by atoms with Crippen LogP contribution in [0.15, 0.2) is 48.5 Å². The molecule has 1 amide bonds. The lowest BCUT2D eigenvalue weighted by atomic mass is 10.1. The third-order valence-electron chi connectivity index (χ3n) is 4.89. The van der Waals surface area contributed by atoms with Crippen LogP contribution in [0.3, 0.4) is 0 Å². The molecular weight excluding hydrogens is 360 g/mol. The van der Waals surface area contributed by atoms with Gasteiger partial charge in [-0.1, -0.05) is 18.2 Å². The van der Waals surface area contributed by atoms with Gasteiger partial charge < -0.3 is 19.1 Å². The highest BCUT2D eigenvalue weighted by Crippen LogP contribution is 2.32. The summed E-state index contributed by atoms with van der Waals surface area (Å²) in [7, 11) is 0. The zero-order chi connectivity index (χ0) is 19.3. The van der Waals surface area contributed by atoms with Gasteiger partial charge in [0.25, 0.3) is 5.91 Å². The lowest BCUT2D eigenvalue weighted by Crippen LogP contribution is -2.51. The Bertz CT molecular complexity index is 847. The molecule has 1 saturated heterocycles. The number of ether oxygens (including phenoxy) is 3. The lowest BCUT2D eigenvalue weighted by Gasteiger charge is -2.34. The zero-order valence-corrected chi connectivity index (χ0v) is 15.5. The fraction of sp³-hybridized carbons (Fsp3) is 0.333. The van der Waals surface area contributed by atoms with Crippen LogP contribution < -0.4 is 14.2 Å². The topological polar surface area (TPSA) is 68.3 Å². The van der Waals surface area contributed by atoms with Crippen molar-refractivity contribution in [2.75, 3.05) is 46.1 Å². The van der Waals surface area contributed by atoms with Gasteiger partial charge in [0.05, 0.1) is 6.54 Å². The summed E-state index contributed by atoms with van der Waals surface area (Å²) >= 11 is 0. The molecular formula is C21H22N2O5. The van der Waals surface area contributed by atoms with Crippen molar-refractivity contribution in [1.82, 2.24) is 9.80 Å². The van der Waals surface area contributed by atoms with Crippen LogP contribution in [0.4, 0.5) is 0 Å². The van der Waals surface area contributed by atoms with Gasteiger partial charge >= 0.3 is 0 Å². The number of carbonyl (C=O) groups excluding carboxylic acids is 2. The summed E-state index contributed by atoms with van der Waals surface area (Å²) < 4.78 is 16.1. The van der Waals surface area contributed by atoms with E-state index in [1.165, 1.54) is 0 Å². The van der Waals surface area contributed by atoms with Crippen molar-refractivity contribution in [1.29, 1.82) is 0 Å². The molecule has 0 radical (unpaired) electrons. The molecule has 4 rings (SSSR count). The van der Waals surface area contributed by atoms with E-state index in [4.69, 9.17) is 14.2 Å². The summed E-state index contributed by atoms with van der Waals surface area (Å²) in [6.07, 6.45) is 0. The summed E-state index contributed by atoms with van der Waals surface area (Å²) in [6, 6.07) is 14.5. The van der Waals surface area contributed by atoms with Gasteiger partial charge in [-0.2, -0.15) is 0 Å². The third kappa shape index (κ3) is 4.26. The molecule has 0 saturated carbocycles. The smallest absolute Gasteiger partial charge is 0.260 e. The van der Waals surface area contributed by atoms with Crippen molar-refractivity contribution < 1.29 is 23.8 Å². The van der Waals surface area contributed by atoms with Gasteiger partial charge in [0.1, 0.15) is 5.75 Å². The Morgan fingerprint density at radius 3 is 2.46 bits per heavy atom. The van der Waals surface area contributed by atoms with E-state index >= 15 is 0 Å². The SMILES string of the molecule is O=C(CN1CCN(C(=O)COc2ccccc2)CC1)c1ccc2c(c1)OCO2. The highest BCUT2D eigenvalue weighted by Gasteiger charge is 2.24. The van der Waals surface area contributed by atoms with Crippen LogP contribution in [0, 0.1) is 0 Å². The van der Waals surface area contributed by atoms with Crippen molar-refractivity contribution in [3.8, 4) is 17.2 Å². The number of hydrogen-bond acceptors (Lipinski definition) is 6.